The summed E-state index contributed by atoms with van der Waals surface area (Å²) in [5, 5.41) is 1.83. The zero-order valence-corrected chi connectivity index (χ0v) is 13.8. The summed E-state index contributed by atoms with van der Waals surface area (Å²) in [7, 11) is 0. The van der Waals surface area contributed by atoms with E-state index in [-0.39, 0.29) is 28.6 Å². The SMILES string of the molecule is O=C1NC(=C(CC(=O)c2ccccc2)C(=O)c2ccccc2)SC1=O. The standard InChI is InChI=1S/C19H13NO4S/c21-15(12-7-3-1-4-8-12)11-14(18-20-17(23)19(24)25-18)16(22)13-9-5-2-6-10-13/h1-10H,11H2,(H,20,23). The van der Waals surface area contributed by atoms with Gasteiger partial charge in [0.1, 0.15) is 0 Å². The number of allylic oxidation sites excluding steroid dienone is 1. The number of nitrogens with one attached hydrogen (secondary N) is 1. The molecule has 1 saturated heterocycles. The van der Waals surface area contributed by atoms with Crippen LogP contribution in [-0.2, 0) is 9.59 Å². The molecule has 25 heavy (non-hydrogen) atoms. The Morgan fingerprint density at radius 3 is 1.92 bits per heavy atom. The maximum atomic E-state index is 12.8. The van der Waals surface area contributed by atoms with Gasteiger partial charge in [0, 0.05) is 23.1 Å². The van der Waals surface area contributed by atoms with Crippen molar-refractivity contribution in [2.24, 2.45) is 0 Å². The Morgan fingerprint density at radius 2 is 1.40 bits per heavy atom. The monoisotopic (exact) mass is 351 g/mol. The molecule has 5 nitrogen and oxygen atoms in total. The van der Waals surface area contributed by atoms with Crippen LogP contribution in [0.5, 0.6) is 0 Å². The number of hydrogen-bond donors (Lipinski definition) is 1. The van der Waals surface area contributed by atoms with Crippen LogP contribution in [0.4, 0.5) is 0 Å². The zero-order valence-electron chi connectivity index (χ0n) is 13.0. The van der Waals surface area contributed by atoms with Gasteiger partial charge in [-0.3, -0.25) is 19.2 Å². The zero-order chi connectivity index (χ0) is 17.8. The molecule has 1 N–H and O–H groups in total. The average Bonchev–Trinajstić information content (AvgIpc) is 2.99. The number of benzene rings is 2. The Labute approximate surface area is 148 Å². The van der Waals surface area contributed by atoms with Gasteiger partial charge in [0.25, 0.3) is 5.12 Å². The summed E-state index contributed by atoms with van der Waals surface area (Å²) >= 11 is 0.649. The molecule has 0 aromatic heterocycles. The molecule has 0 bridgehead atoms. The van der Waals surface area contributed by atoms with Crippen LogP contribution >= 0.6 is 11.8 Å². The van der Waals surface area contributed by atoms with Crippen molar-refractivity contribution in [1.82, 2.24) is 5.32 Å². The normalized spacial score (nSPS) is 15.7. The molecule has 0 spiro atoms. The van der Waals surface area contributed by atoms with E-state index in [1.165, 1.54) is 0 Å². The molecule has 124 valence electrons. The molecule has 1 heterocycles. The number of rotatable bonds is 5. The Kier molecular flexibility index (Phi) is 4.90. The van der Waals surface area contributed by atoms with Crippen LogP contribution < -0.4 is 5.32 Å². The lowest BCUT2D eigenvalue weighted by molar-refractivity contribution is -0.131. The molecule has 2 aromatic rings. The molecule has 1 amide bonds. The maximum Gasteiger partial charge on any atom is 0.303 e. The third-order valence-electron chi connectivity index (χ3n) is 3.62. The third-order valence-corrected chi connectivity index (χ3v) is 4.55. The molecular weight excluding hydrogens is 338 g/mol. The first kappa shape index (κ1) is 16.9. The predicted octanol–water partition coefficient (Wildman–Crippen LogP) is 2.74. The highest BCUT2D eigenvalue weighted by molar-refractivity contribution is 8.19. The molecular formula is C19H13NO4S. The minimum atomic E-state index is -0.787. The highest BCUT2D eigenvalue weighted by Crippen LogP contribution is 2.28. The second kappa shape index (κ2) is 7.27. The van der Waals surface area contributed by atoms with Crippen LogP contribution in [0.1, 0.15) is 27.1 Å². The first-order valence-electron chi connectivity index (χ1n) is 7.50. The van der Waals surface area contributed by atoms with Crippen molar-refractivity contribution in [1.29, 1.82) is 0 Å². The average molecular weight is 351 g/mol. The summed E-state index contributed by atoms with van der Waals surface area (Å²) in [6.07, 6.45) is -0.201. The van der Waals surface area contributed by atoms with Gasteiger partial charge >= 0.3 is 5.91 Å². The first-order valence-corrected chi connectivity index (χ1v) is 8.32. The number of hydrogen-bond acceptors (Lipinski definition) is 5. The van der Waals surface area contributed by atoms with Gasteiger partial charge in [-0.2, -0.15) is 0 Å². The van der Waals surface area contributed by atoms with Crippen LogP contribution in [0.25, 0.3) is 0 Å². The number of Topliss-reactive ketones (excluding diaryl/α,β-unsaturated/α-hetero) is 2. The highest BCUT2D eigenvalue weighted by atomic mass is 32.2. The van der Waals surface area contributed by atoms with E-state index in [1.54, 1.807) is 60.7 Å². The lowest BCUT2D eigenvalue weighted by Gasteiger charge is -2.09. The smallest absolute Gasteiger partial charge is 0.303 e. The predicted molar refractivity (Wildman–Crippen MR) is 93.9 cm³/mol. The lowest BCUT2D eigenvalue weighted by Crippen LogP contribution is -2.21. The van der Waals surface area contributed by atoms with E-state index in [1.807, 2.05) is 0 Å². The molecule has 0 saturated carbocycles. The molecule has 1 fully saturated rings. The molecule has 0 aliphatic carbocycles. The Hall–Kier alpha value is -2.99. The number of ketones is 2. The van der Waals surface area contributed by atoms with E-state index in [0.29, 0.717) is 22.9 Å². The van der Waals surface area contributed by atoms with Gasteiger partial charge in [-0.25, -0.2) is 0 Å². The summed E-state index contributed by atoms with van der Waals surface area (Å²) in [6, 6.07) is 17.0. The minimum Gasteiger partial charge on any atom is -0.312 e. The fraction of sp³-hybridized carbons (Fsp3) is 0.0526. The van der Waals surface area contributed by atoms with Crippen molar-refractivity contribution < 1.29 is 19.2 Å². The van der Waals surface area contributed by atoms with E-state index in [9.17, 15) is 19.2 Å². The van der Waals surface area contributed by atoms with Crippen LogP contribution in [0.15, 0.2) is 71.3 Å². The summed E-state index contributed by atoms with van der Waals surface area (Å²) in [6.45, 7) is 0. The van der Waals surface area contributed by atoms with Crippen molar-refractivity contribution >= 4 is 34.4 Å². The number of carbonyl (C=O) groups is 4. The summed E-state index contributed by atoms with van der Waals surface area (Å²) in [5.41, 5.74) is 0.964. The van der Waals surface area contributed by atoms with E-state index in [0.717, 1.165) is 0 Å². The molecule has 6 heteroatoms. The number of carbonyl (C=O) groups excluding carboxylic acids is 4. The quantitative estimate of drug-likeness (QED) is 0.509. The van der Waals surface area contributed by atoms with Gasteiger partial charge in [-0.15, -0.1) is 0 Å². The summed E-state index contributed by atoms with van der Waals surface area (Å²) in [5.74, 6) is -1.44. The molecule has 1 aliphatic rings. The van der Waals surface area contributed by atoms with Gasteiger partial charge < -0.3 is 5.32 Å². The van der Waals surface area contributed by atoms with Crippen molar-refractivity contribution in [2.45, 2.75) is 6.42 Å². The van der Waals surface area contributed by atoms with Crippen LogP contribution in [0.2, 0.25) is 0 Å². The topological polar surface area (TPSA) is 80.3 Å². The van der Waals surface area contributed by atoms with E-state index >= 15 is 0 Å². The Morgan fingerprint density at radius 1 is 0.840 bits per heavy atom. The summed E-state index contributed by atoms with van der Waals surface area (Å²) < 4.78 is 0. The van der Waals surface area contributed by atoms with E-state index in [2.05, 4.69) is 5.32 Å². The third kappa shape index (κ3) is 3.75. The summed E-state index contributed by atoms with van der Waals surface area (Å²) in [4.78, 5) is 48.4. The van der Waals surface area contributed by atoms with E-state index in [4.69, 9.17) is 0 Å². The molecule has 0 radical (unpaired) electrons. The maximum absolute atomic E-state index is 12.8. The van der Waals surface area contributed by atoms with Gasteiger partial charge in [-0.05, 0) is 11.8 Å². The van der Waals surface area contributed by atoms with Gasteiger partial charge in [-0.1, -0.05) is 60.7 Å². The first-order chi connectivity index (χ1) is 12.1. The van der Waals surface area contributed by atoms with Gasteiger partial charge in [0.05, 0.1) is 5.03 Å². The van der Waals surface area contributed by atoms with Crippen molar-refractivity contribution in [3.8, 4) is 0 Å². The Balaban J connectivity index is 1.97. The van der Waals surface area contributed by atoms with Gasteiger partial charge in [0.2, 0.25) is 0 Å². The Bertz CT molecular complexity index is 870. The fourth-order valence-electron chi connectivity index (χ4n) is 2.37. The van der Waals surface area contributed by atoms with Crippen molar-refractivity contribution in [2.75, 3.05) is 0 Å². The number of thioether (sulfide) groups is 1. The highest BCUT2D eigenvalue weighted by Gasteiger charge is 2.32. The van der Waals surface area contributed by atoms with Crippen molar-refractivity contribution in [3.05, 3.63) is 82.4 Å². The minimum absolute atomic E-state index is 0.115. The van der Waals surface area contributed by atoms with Crippen molar-refractivity contribution in [3.63, 3.8) is 0 Å². The molecule has 3 rings (SSSR count). The lowest BCUT2D eigenvalue weighted by atomic mass is 9.97. The van der Waals surface area contributed by atoms with Crippen LogP contribution in [0.3, 0.4) is 0 Å². The van der Waals surface area contributed by atoms with Gasteiger partial charge in [0.15, 0.2) is 11.6 Å². The largest absolute Gasteiger partial charge is 0.312 e. The molecule has 1 aliphatic heterocycles. The fourth-order valence-corrected chi connectivity index (χ4v) is 3.13. The number of amides is 1. The molecule has 2 aromatic carbocycles. The van der Waals surface area contributed by atoms with Crippen LogP contribution in [0, 0.1) is 0 Å². The molecule has 0 unspecified atom stereocenters. The van der Waals surface area contributed by atoms with E-state index < -0.39 is 11.0 Å². The van der Waals surface area contributed by atoms with Crippen LogP contribution in [-0.4, -0.2) is 22.6 Å². The second-order valence-electron chi connectivity index (χ2n) is 5.31. The second-order valence-corrected chi connectivity index (χ2v) is 6.30. The molecule has 0 atom stereocenters.